The minimum Gasteiger partial charge on any atom is -0.454 e. The third-order valence-electron chi connectivity index (χ3n) is 12.4. The molecule has 0 aliphatic carbocycles. The molecule has 1 aromatic heterocycles. The van der Waals surface area contributed by atoms with E-state index in [9.17, 15) is 0 Å². The van der Waals surface area contributed by atoms with Gasteiger partial charge in [-0.15, -0.1) is 0 Å². The van der Waals surface area contributed by atoms with E-state index in [1.807, 2.05) is 6.07 Å². The standard InChI is InChI=1S/C60H39NO/c1-3-17-42(18-4-1)58-53-27-10-9-25-50(53)51-37-34-44(39-55(51)59(58)43-19-5-2-6-20-43)40-32-35-46(36-33-40)61(56-30-15-29-54-52-26-11-12-31-57(52)62-60(54)56)47-23-13-22-45(38-47)49-28-14-21-41-16-7-8-24-48(41)49/h1-39H. The first kappa shape index (κ1) is 35.7. The molecule has 0 aliphatic rings. The fourth-order valence-electron chi connectivity index (χ4n) is 9.61. The van der Waals surface area contributed by atoms with E-state index >= 15 is 0 Å². The molecule has 11 aromatic carbocycles. The Bertz CT molecular complexity index is 3620. The van der Waals surface area contributed by atoms with Gasteiger partial charge in [-0.2, -0.15) is 0 Å². The van der Waals surface area contributed by atoms with Crippen LogP contribution < -0.4 is 4.90 Å². The van der Waals surface area contributed by atoms with Gasteiger partial charge < -0.3 is 9.32 Å². The molecule has 0 N–H and O–H groups in total. The first-order chi connectivity index (χ1) is 30.8. The summed E-state index contributed by atoms with van der Waals surface area (Å²) in [4.78, 5) is 2.34. The summed E-state index contributed by atoms with van der Waals surface area (Å²) in [5.74, 6) is 0. The van der Waals surface area contributed by atoms with Crippen LogP contribution in [0.4, 0.5) is 17.1 Å². The molecule has 0 radical (unpaired) electrons. The van der Waals surface area contributed by atoms with Gasteiger partial charge in [-0.3, -0.25) is 0 Å². The Hall–Kier alpha value is -8.20. The molecule has 290 valence electrons. The van der Waals surface area contributed by atoms with Gasteiger partial charge in [0, 0.05) is 22.1 Å². The molecule has 0 unspecified atom stereocenters. The Labute approximate surface area is 360 Å². The molecular formula is C60H39NO. The summed E-state index contributed by atoms with van der Waals surface area (Å²) in [6.07, 6.45) is 0. The van der Waals surface area contributed by atoms with Gasteiger partial charge in [0.05, 0.1) is 5.69 Å². The molecule has 0 aliphatic heterocycles. The quantitative estimate of drug-likeness (QED) is 0.150. The van der Waals surface area contributed by atoms with Crippen LogP contribution in [0.25, 0.3) is 98.8 Å². The second kappa shape index (κ2) is 14.8. The average Bonchev–Trinajstić information content (AvgIpc) is 3.74. The topological polar surface area (TPSA) is 16.4 Å². The van der Waals surface area contributed by atoms with Crippen LogP contribution in [0.1, 0.15) is 0 Å². The van der Waals surface area contributed by atoms with Crippen LogP contribution in [0.5, 0.6) is 0 Å². The van der Waals surface area contributed by atoms with Crippen molar-refractivity contribution in [2.75, 3.05) is 4.90 Å². The first-order valence-electron chi connectivity index (χ1n) is 21.3. The summed E-state index contributed by atoms with van der Waals surface area (Å²) < 4.78 is 6.69. The highest BCUT2D eigenvalue weighted by Gasteiger charge is 2.21. The first-order valence-corrected chi connectivity index (χ1v) is 21.3. The molecule has 0 spiro atoms. The number of hydrogen-bond donors (Lipinski definition) is 0. The Morgan fingerprint density at radius 3 is 1.65 bits per heavy atom. The van der Waals surface area contributed by atoms with E-state index < -0.39 is 0 Å². The predicted octanol–water partition coefficient (Wildman–Crippen LogP) is 17.2. The second-order valence-electron chi connectivity index (χ2n) is 16.0. The van der Waals surface area contributed by atoms with Crippen LogP contribution in [-0.4, -0.2) is 0 Å². The molecule has 0 fully saturated rings. The van der Waals surface area contributed by atoms with Crippen molar-refractivity contribution < 1.29 is 4.42 Å². The van der Waals surface area contributed by atoms with Gasteiger partial charge in [0.15, 0.2) is 5.58 Å². The third-order valence-corrected chi connectivity index (χ3v) is 12.4. The lowest BCUT2D eigenvalue weighted by atomic mass is 9.84. The summed E-state index contributed by atoms with van der Waals surface area (Å²) in [5, 5.41) is 9.65. The lowest BCUT2D eigenvalue weighted by molar-refractivity contribution is 0.669. The number of rotatable bonds is 7. The summed E-state index contributed by atoms with van der Waals surface area (Å²) in [6, 6.07) is 85.4. The van der Waals surface area contributed by atoms with E-state index in [-0.39, 0.29) is 0 Å². The fraction of sp³-hybridized carbons (Fsp3) is 0. The Kier molecular flexibility index (Phi) is 8.53. The summed E-state index contributed by atoms with van der Waals surface area (Å²) in [6.45, 7) is 0. The number of para-hydroxylation sites is 2. The number of furan rings is 1. The van der Waals surface area contributed by atoms with Gasteiger partial charge in [0.25, 0.3) is 0 Å². The molecule has 0 saturated carbocycles. The number of fused-ring (bicyclic) bond motifs is 7. The molecule has 12 aromatic rings. The van der Waals surface area contributed by atoms with E-state index in [0.717, 1.165) is 50.1 Å². The van der Waals surface area contributed by atoms with Crippen LogP contribution in [-0.2, 0) is 0 Å². The number of hydrogen-bond acceptors (Lipinski definition) is 2. The highest BCUT2D eigenvalue weighted by Crippen LogP contribution is 2.47. The molecule has 2 heteroatoms. The zero-order valence-corrected chi connectivity index (χ0v) is 33.9. The molecule has 12 rings (SSSR count). The Morgan fingerprint density at radius 1 is 0.290 bits per heavy atom. The van der Waals surface area contributed by atoms with Gasteiger partial charge in [0.2, 0.25) is 0 Å². The zero-order valence-electron chi connectivity index (χ0n) is 33.9. The number of benzene rings is 11. The van der Waals surface area contributed by atoms with Crippen LogP contribution >= 0.6 is 0 Å². The molecule has 2 nitrogen and oxygen atoms in total. The van der Waals surface area contributed by atoms with Crippen molar-refractivity contribution in [3.8, 4) is 44.5 Å². The van der Waals surface area contributed by atoms with Crippen molar-refractivity contribution >= 4 is 71.3 Å². The van der Waals surface area contributed by atoms with Gasteiger partial charge in [-0.1, -0.05) is 194 Å². The second-order valence-corrected chi connectivity index (χ2v) is 16.0. The van der Waals surface area contributed by atoms with Gasteiger partial charge >= 0.3 is 0 Å². The SMILES string of the molecule is c1ccc(-c2c(-c3ccccc3)c3cc(-c4ccc(N(c5cccc(-c6cccc7ccccc67)c5)c5cccc6c5oc5ccccc56)cc4)ccc3c3ccccc23)cc1. The van der Waals surface area contributed by atoms with E-state index in [4.69, 9.17) is 4.42 Å². The van der Waals surface area contributed by atoms with Gasteiger partial charge in [0.1, 0.15) is 5.58 Å². The minimum atomic E-state index is 0.859. The molecule has 0 saturated heterocycles. The molecule has 1 heterocycles. The maximum atomic E-state index is 6.69. The molecular weight excluding hydrogens is 751 g/mol. The van der Waals surface area contributed by atoms with Crippen LogP contribution in [0, 0.1) is 0 Å². The highest BCUT2D eigenvalue weighted by atomic mass is 16.3. The lowest BCUT2D eigenvalue weighted by Crippen LogP contribution is -2.10. The van der Waals surface area contributed by atoms with E-state index in [2.05, 4.69) is 235 Å². The number of anilines is 3. The number of nitrogens with zero attached hydrogens (tertiary/aromatic N) is 1. The lowest BCUT2D eigenvalue weighted by Gasteiger charge is -2.26. The molecule has 62 heavy (non-hydrogen) atoms. The largest absolute Gasteiger partial charge is 0.454 e. The van der Waals surface area contributed by atoms with Crippen molar-refractivity contribution in [1.82, 2.24) is 0 Å². The van der Waals surface area contributed by atoms with Gasteiger partial charge in [-0.05, 0) is 119 Å². The van der Waals surface area contributed by atoms with Gasteiger partial charge in [-0.25, -0.2) is 0 Å². The van der Waals surface area contributed by atoms with Crippen LogP contribution in [0.15, 0.2) is 241 Å². The van der Waals surface area contributed by atoms with Crippen LogP contribution in [0.3, 0.4) is 0 Å². The average molecular weight is 790 g/mol. The molecule has 0 atom stereocenters. The Morgan fingerprint density at radius 2 is 0.855 bits per heavy atom. The molecule has 0 amide bonds. The van der Waals surface area contributed by atoms with Crippen molar-refractivity contribution in [2.24, 2.45) is 0 Å². The summed E-state index contributed by atoms with van der Waals surface area (Å²) in [5.41, 5.74) is 14.4. The summed E-state index contributed by atoms with van der Waals surface area (Å²) >= 11 is 0. The van der Waals surface area contributed by atoms with Crippen LogP contribution in [0.2, 0.25) is 0 Å². The maximum absolute atomic E-state index is 6.69. The van der Waals surface area contributed by atoms with Crippen molar-refractivity contribution in [2.45, 2.75) is 0 Å². The maximum Gasteiger partial charge on any atom is 0.159 e. The van der Waals surface area contributed by atoms with Crippen molar-refractivity contribution in [3.05, 3.63) is 237 Å². The third kappa shape index (κ3) is 5.96. The van der Waals surface area contributed by atoms with Crippen molar-refractivity contribution in [1.29, 1.82) is 0 Å². The smallest absolute Gasteiger partial charge is 0.159 e. The van der Waals surface area contributed by atoms with E-state index in [1.54, 1.807) is 0 Å². The van der Waals surface area contributed by atoms with Crippen molar-refractivity contribution in [3.63, 3.8) is 0 Å². The monoisotopic (exact) mass is 789 g/mol. The minimum absolute atomic E-state index is 0.859. The fourth-order valence-corrected chi connectivity index (χ4v) is 9.61. The zero-order chi connectivity index (χ0) is 41.0. The predicted molar refractivity (Wildman–Crippen MR) is 263 cm³/mol. The van der Waals surface area contributed by atoms with E-state index in [0.29, 0.717) is 0 Å². The normalized spacial score (nSPS) is 11.5. The Balaban J connectivity index is 1.04. The highest BCUT2D eigenvalue weighted by molar-refractivity contribution is 6.22. The summed E-state index contributed by atoms with van der Waals surface area (Å²) in [7, 11) is 0. The van der Waals surface area contributed by atoms with E-state index in [1.165, 1.54) is 65.7 Å². The molecule has 0 bridgehead atoms.